The van der Waals surface area contributed by atoms with Crippen molar-refractivity contribution in [2.75, 3.05) is 5.32 Å². The fourth-order valence-corrected chi connectivity index (χ4v) is 1.88. The van der Waals surface area contributed by atoms with Crippen molar-refractivity contribution in [3.8, 4) is 0 Å². The molecule has 0 aromatic carbocycles. The first-order chi connectivity index (χ1) is 9.74. The third-order valence-electron chi connectivity index (χ3n) is 2.96. The summed E-state index contributed by atoms with van der Waals surface area (Å²) in [5.41, 5.74) is 2.41. The van der Waals surface area contributed by atoms with E-state index in [-0.39, 0.29) is 18.4 Å². The highest BCUT2D eigenvalue weighted by molar-refractivity contribution is 5.85. The summed E-state index contributed by atoms with van der Waals surface area (Å²) in [5, 5.41) is 11.2. The number of aromatic nitrogens is 4. The van der Waals surface area contributed by atoms with Crippen LogP contribution in [-0.2, 0) is 13.1 Å². The minimum Gasteiger partial charge on any atom is -0.378 e. The molecule has 2 aromatic heterocycles. The van der Waals surface area contributed by atoms with E-state index < -0.39 is 12.7 Å². The molecule has 0 bridgehead atoms. The van der Waals surface area contributed by atoms with Gasteiger partial charge in [-0.3, -0.25) is 9.36 Å². The minimum absolute atomic E-state index is 0. The highest BCUT2D eigenvalue weighted by Crippen LogP contribution is 2.18. The molecule has 0 amide bonds. The minimum atomic E-state index is -4.26. The molecule has 0 saturated carbocycles. The third kappa shape index (κ3) is 4.94. The molecular weight excluding hydrogens is 319 g/mol. The molecule has 2 heterocycles. The second-order valence-electron chi connectivity index (χ2n) is 5.22. The summed E-state index contributed by atoms with van der Waals surface area (Å²) < 4.78 is 39.5. The summed E-state index contributed by atoms with van der Waals surface area (Å²) in [4.78, 5) is 0. The van der Waals surface area contributed by atoms with Crippen molar-refractivity contribution in [1.82, 2.24) is 19.6 Å². The molecule has 9 heteroatoms. The highest BCUT2D eigenvalue weighted by Gasteiger charge is 2.28. The number of aryl methyl sites for hydroxylation is 1. The highest BCUT2D eigenvalue weighted by atomic mass is 35.5. The van der Waals surface area contributed by atoms with Gasteiger partial charge in [-0.05, 0) is 20.8 Å². The Morgan fingerprint density at radius 2 is 1.95 bits per heavy atom. The van der Waals surface area contributed by atoms with Crippen LogP contribution in [0.5, 0.6) is 0 Å². The molecule has 0 atom stereocenters. The number of halogens is 4. The van der Waals surface area contributed by atoms with Crippen LogP contribution in [0.4, 0.5) is 18.9 Å². The van der Waals surface area contributed by atoms with E-state index in [2.05, 4.69) is 15.5 Å². The van der Waals surface area contributed by atoms with E-state index in [0.29, 0.717) is 12.1 Å². The summed E-state index contributed by atoms with van der Waals surface area (Å²) in [6.07, 6.45) is 0.454. The van der Waals surface area contributed by atoms with Crippen LogP contribution in [0, 0.1) is 6.92 Å². The van der Waals surface area contributed by atoms with Crippen LogP contribution in [0.3, 0.4) is 0 Å². The molecule has 0 saturated heterocycles. The Hall–Kier alpha value is -1.70. The summed E-state index contributed by atoms with van der Waals surface area (Å²) in [7, 11) is 0. The lowest BCUT2D eigenvalue weighted by Gasteiger charge is -2.05. The van der Waals surface area contributed by atoms with Gasteiger partial charge in [-0.2, -0.15) is 23.4 Å². The summed E-state index contributed by atoms with van der Waals surface area (Å²) in [6.45, 7) is 5.27. The largest absolute Gasteiger partial charge is 0.408 e. The molecule has 0 aliphatic rings. The lowest BCUT2D eigenvalue weighted by Crippen LogP contribution is -2.17. The summed E-state index contributed by atoms with van der Waals surface area (Å²) in [5.74, 6) is 0. The maximum atomic E-state index is 12.2. The molecule has 2 aromatic rings. The zero-order chi connectivity index (χ0) is 15.6. The fourth-order valence-electron chi connectivity index (χ4n) is 1.88. The number of nitrogens with one attached hydrogen (secondary N) is 1. The zero-order valence-corrected chi connectivity index (χ0v) is 13.4. The SMILES string of the molecule is Cc1nn(C(C)C)cc1NCc1cnn(CC(F)(F)F)c1.Cl. The van der Waals surface area contributed by atoms with Crippen molar-refractivity contribution in [2.24, 2.45) is 0 Å². The van der Waals surface area contributed by atoms with Gasteiger partial charge in [-0.1, -0.05) is 0 Å². The van der Waals surface area contributed by atoms with Gasteiger partial charge in [0.1, 0.15) is 6.54 Å². The normalized spacial score (nSPS) is 11.6. The molecule has 0 spiro atoms. The van der Waals surface area contributed by atoms with Gasteiger partial charge in [-0.25, -0.2) is 0 Å². The van der Waals surface area contributed by atoms with E-state index in [4.69, 9.17) is 0 Å². The molecule has 2 rings (SSSR count). The zero-order valence-electron chi connectivity index (χ0n) is 12.6. The number of rotatable bonds is 5. The molecule has 22 heavy (non-hydrogen) atoms. The Labute approximate surface area is 132 Å². The number of hydrogen-bond acceptors (Lipinski definition) is 3. The molecule has 0 aliphatic heterocycles. The van der Waals surface area contributed by atoms with Gasteiger partial charge in [0.15, 0.2) is 0 Å². The van der Waals surface area contributed by atoms with E-state index >= 15 is 0 Å². The van der Waals surface area contributed by atoms with Crippen molar-refractivity contribution in [1.29, 1.82) is 0 Å². The van der Waals surface area contributed by atoms with E-state index in [1.54, 1.807) is 0 Å². The van der Waals surface area contributed by atoms with Crippen molar-refractivity contribution >= 4 is 18.1 Å². The molecule has 1 N–H and O–H groups in total. The van der Waals surface area contributed by atoms with Gasteiger partial charge in [0.25, 0.3) is 0 Å². The fraction of sp³-hybridized carbons (Fsp3) is 0.538. The molecule has 0 radical (unpaired) electrons. The predicted molar refractivity (Wildman–Crippen MR) is 80.2 cm³/mol. The van der Waals surface area contributed by atoms with Crippen LogP contribution in [0.15, 0.2) is 18.6 Å². The molecular formula is C13H19ClF3N5. The Balaban J connectivity index is 0.00000242. The Morgan fingerprint density at radius 3 is 2.50 bits per heavy atom. The van der Waals surface area contributed by atoms with Crippen LogP contribution in [0.1, 0.15) is 31.1 Å². The first-order valence-corrected chi connectivity index (χ1v) is 6.62. The summed E-state index contributed by atoms with van der Waals surface area (Å²) in [6, 6.07) is 0.258. The van der Waals surface area contributed by atoms with Gasteiger partial charge < -0.3 is 5.32 Å². The maximum absolute atomic E-state index is 12.2. The number of nitrogens with zero attached hydrogens (tertiary/aromatic N) is 4. The first kappa shape index (κ1) is 18.3. The smallest absolute Gasteiger partial charge is 0.378 e. The monoisotopic (exact) mass is 337 g/mol. The lowest BCUT2D eigenvalue weighted by atomic mass is 10.3. The van der Waals surface area contributed by atoms with Crippen molar-refractivity contribution in [2.45, 2.75) is 46.1 Å². The second-order valence-corrected chi connectivity index (χ2v) is 5.22. The molecule has 0 fully saturated rings. The molecule has 0 unspecified atom stereocenters. The van der Waals surface area contributed by atoms with Gasteiger partial charge >= 0.3 is 6.18 Å². The molecule has 124 valence electrons. The van der Waals surface area contributed by atoms with Crippen LogP contribution < -0.4 is 5.32 Å². The second kappa shape index (κ2) is 7.04. The standard InChI is InChI=1S/C13H18F3N5.ClH/c1-9(2)21-7-12(10(3)19-21)17-4-11-5-18-20(6-11)8-13(14,15)16;/h5-7,9,17H,4,8H2,1-3H3;1H. The van der Waals surface area contributed by atoms with Gasteiger partial charge in [0, 0.05) is 30.5 Å². The van der Waals surface area contributed by atoms with E-state index in [1.165, 1.54) is 12.4 Å². The van der Waals surface area contributed by atoms with Crippen LogP contribution >= 0.6 is 12.4 Å². The van der Waals surface area contributed by atoms with E-state index in [9.17, 15) is 13.2 Å². The Morgan fingerprint density at radius 1 is 1.27 bits per heavy atom. The predicted octanol–water partition coefficient (Wildman–Crippen LogP) is 3.57. The number of hydrogen-bond donors (Lipinski definition) is 1. The Bertz CT molecular complexity index is 603. The lowest BCUT2D eigenvalue weighted by molar-refractivity contribution is -0.142. The average molecular weight is 338 g/mol. The average Bonchev–Trinajstić information content (AvgIpc) is 2.91. The van der Waals surface area contributed by atoms with Crippen LogP contribution in [0.2, 0.25) is 0 Å². The third-order valence-corrected chi connectivity index (χ3v) is 2.96. The summed E-state index contributed by atoms with van der Waals surface area (Å²) >= 11 is 0. The quantitative estimate of drug-likeness (QED) is 0.907. The van der Waals surface area contributed by atoms with Crippen molar-refractivity contribution in [3.05, 3.63) is 29.8 Å². The first-order valence-electron chi connectivity index (χ1n) is 6.62. The van der Waals surface area contributed by atoms with Gasteiger partial charge in [-0.15, -0.1) is 12.4 Å². The van der Waals surface area contributed by atoms with Gasteiger partial charge in [0.2, 0.25) is 0 Å². The van der Waals surface area contributed by atoms with Crippen molar-refractivity contribution in [3.63, 3.8) is 0 Å². The van der Waals surface area contributed by atoms with Crippen molar-refractivity contribution < 1.29 is 13.2 Å². The van der Waals surface area contributed by atoms with Crippen LogP contribution in [0.25, 0.3) is 0 Å². The Kier molecular flexibility index (Phi) is 5.87. The molecule has 5 nitrogen and oxygen atoms in total. The molecule has 0 aliphatic carbocycles. The number of anilines is 1. The number of alkyl halides is 3. The van der Waals surface area contributed by atoms with Crippen LogP contribution in [-0.4, -0.2) is 25.7 Å². The topological polar surface area (TPSA) is 47.7 Å². The van der Waals surface area contributed by atoms with Gasteiger partial charge in [0.05, 0.1) is 17.6 Å². The van der Waals surface area contributed by atoms with E-state index in [1.807, 2.05) is 31.6 Å². The maximum Gasteiger partial charge on any atom is 0.408 e. The van der Waals surface area contributed by atoms with E-state index in [0.717, 1.165) is 16.1 Å².